The molecule has 1 aliphatic carbocycles. The number of rotatable bonds is 7. The number of anilines is 1. The van der Waals surface area contributed by atoms with E-state index in [1.807, 2.05) is 0 Å². The summed E-state index contributed by atoms with van der Waals surface area (Å²) in [4.78, 5) is 36.1. The Kier molecular flexibility index (Phi) is 5.33. The fourth-order valence-corrected chi connectivity index (χ4v) is 2.90. The molecule has 8 heteroatoms. The van der Waals surface area contributed by atoms with Crippen LogP contribution in [0.5, 0.6) is 11.5 Å². The number of hydrogen-bond acceptors (Lipinski definition) is 5. The lowest BCUT2D eigenvalue weighted by molar-refractivity contribution is -0.122. The van der Waals surface area contributed by atoms with Crippen molar-refractivity contribution in [2.24, 2.45) is 5.92 Å². The van der Waals surface area contributed by atoms with E-state index in [2.05, 4.69) is 16.0 Å². The minimum atomic E-state index is -0.285. The number of carbonyl (C=O) groups excluding carboxylic acids is 3. The first-order valence-electron chi connectivity index (χ1n) is 9.47. The van der Waals surface area contributed by atoms with Gasteiger partial charge in [0.25, 0.3) is 11.8 Å². The predicted octanol–water partition coefficient (Wildman–Crippen LogP) is 1.92. The van der Waals surface area contributed by atoms with Gasteiger partial charge in [-0.2, -0.15) is 0 Å². The second-order valence-corrected chi connectivity index (χ2v) is 6.92. The van der Waals surface area contributed by atoms with Crippen LogP contribution in [0.4, 0.5) is 5.69 Å². The van der Waals surface area contributed by atoms with E-state index < -0.39 is 0 Å². The van der Waals surface area contributed by atoms with Crippen molar-refractivity contribution >= 4 is 23.4 Å². The molecule has 1 saturated carbocycles. The number of ether oxygens (including phenoxy) is 2. The van der Waals surface area contributed by atoms with Gasteiger partial charge in [0.1, 0.15) is 0 Å². The third-order valence-corrected chi connectivity index (χ3v) is 4.70. The summed E-state index contributed by atoms with van der Waals surface area (Å²) < 4.78 is 10.5. The van der Waals surface area contributed by atoms with Gasteiger partial charge in [-0.1, -0.05) is 0 Å². The average Bonchev–Trinajstić information content (AvgIpc) is 3.48. The van der Waals surface area contributed by atoms with Crippen molar-refractivity contribution in [2.75, 3.05) is 25.2 Å². The Labute approximate surface area is 167 Å². The van der Waals surface area contributed by atoms with Crippen LogP contribution in [0.3, 0.4) is 0 Å². The molecule has 2 aliphatic rings. The maximum absolute atomic E-state index is 12.4. The molecular formula is C21H21N3O5. The van der Waals surface area contributed by atoms with Gasteiger partial charge in [0.15, 0.2) is 11.5 Å². The molecule has 2 aromatic rings. The highest BCUT2D eigenvalue weighted by Gasteiger charge is 2.29. The zero-order valence-corrected chi connectivity index (χ0v) is 15.7. The number of carbonyl (C=O) groups is 3. The molecule has 8 nitrogen and oxygen atoms in total. The number of fused-ring (bicyclic) bond motifs is 1. The summed E-state index contributed by atoms with van der Waals surface area (Å²) in [5.41, 5.74) is 1.49. The van der Waals surface area contributed by atoms with Gasteiger partial charge in [-0.05, 0) is 55.3 Å². The van der Waals surface area contributed by atoms with E-state index in [-0.39, 0.29) is 30.4 Å². The quantitative estimate of drug-likeness (QED) is 0.621. The summed E-state index contributed by atoms with van der Waals surface area (Å²) in [6, 6.07) is 11.6. The van der Waals surface area contributed by atoms with Crippen LogP contribution < -0.4 is 25.4 Å². The second kappa shape index (κ2) is 8.22. The van der Waals surface area contributed by atoms with Gasteiger partial charge >= 0.3 is 0 Å². The van der Waals surface area contributed by atoms with Gasteiger partial charge in [-0.15, -0.1) is 0 Å². The van der Waals surface area contributed by atoms with Gasteiger partial charge in [0.05, 0.1) is 0 Å². The maximum Gasteiger partial charge on any atom is 0.255 e. The molecule has 0 spiro atoms. The minimum Gasteiger partial charge on any atom is -0.454 e. The standard InChI is InChI=1S/C21H21N3O5/c25-19(13-1-2-13)22-9-10-23-20(26)14-3-6-16(7-4-14)24-21(27)15-5-8-17-18(11-15)29-12-28-17/h3-8,11,13H,1-2,9-10,12H2,(H,22,25)(H,23,26)(H,24,27). The van der Waals surface area contributed by atoms with Crippen molar-refractivity contribution in [3.05, 3.63) is 53.6 Å². The van der Waals surface area contributed by atoms with E-state index in [9.17, 15) is 14.4 Å². The van der Waals surface area contributed by atoms with Crippen molar-refractivity contribution in [3.8, 4) is 11.5 Å². The Morgan fingerprint density at radius 3 is 2.28 bits per heavy atom. The summed E-state index contributed by atoms with van der Waals surface area (Å²) in [6.45, 7) is 0.918. The van der Waals surface area contributed by atoms with Crippen molar-refractivity contribution in [3.63, 3.8) is 0 Å². The van der Waals surface area contributed by atoms with E-state index in [4.69, 9.17) is 9.47 Å². The Morgan fingerprint density at radius 1 is 0.828 bits per heavy atom. The Bertz CT molecular complexity index is 938. The summed E-state index contributed by atoms with van der Waals surface area (Å²) >= 11 is 0. The van der Waals surface area contributed by atoms with Crippen LogP contribution in [0, 0.1) is 5.92 Å². The molecule has 4 rings (SSSR count). The first-order chi connectivity index (χ1) is 14.1. The molecule has 3 N–H and O–H groups in total. The largest absolute Gasteiger partial charge is 0.454 e. The predicted molar refractivity (Wildman–Crippen MR) is 105 cm³/mol. The molecule has 2 aromatic carbocycles. The molecule has 0 radical (unpaired) electrons. The van der Waals surface area contributed by atoms with Crippen LogP contribution in [-0.4, -0.2) is 37.6 Å². The maximum atomic E-state index is 12.4. The van der Waals surface area contributed by atoms with Gasteiger partial charge in [-0.3, -0.25) is 14.4 Å². The van der Waals surface area contributed by atoms with Crippen molar-refractivity contribution in [2.45, 2.75) is 12.8 Å². The lowest BCUT2D eigenvalue weighted by Gasteiger charge is -2.09. The van der Waals surface area contributed by atoms with E-state index in [0.717, 1.165) is 12.8 Å². The van der Waals surface area contributed by atoms with E-state index in [1.54, 1.807) is 42.5 Å². The molecule has 150 valence electrons. The molecule has 0 bridgehead atoms. The Balaban J connectivity index is 1.26. The summed E-state index contributed by atoms with van der Waals surface area (Å²) in [5, 5.41) is 8.33. The molecule has 0 unspecified atom stereocenters. The third-order valence-electron chi connectivity index (χ3n) is 4.70. The number of amides is 3. The first kappa shape index (κ1) is 18.8. The highest BCUT2D eigenvalue weighted by molar-refractivity contribution is 6.05. The van der Waals surface area contributed by atoms with Crippen LogP contribution in [0.2, 0.25) is 0 Å². The topological polar surface area (TPSA) is 106 Å². The molecule has 0 atom stereocenters. The van der Waals surface area contributed by atoms with Crippen LogP contribution in [-0.2, 0) is 4.79 Å². The average molecular weight is 395 g/mol. The van der Waals surface area contributed by atoms with Gasteiger partial charge < -0.3 is 25.4 Å². The van der Waals surface area contributed by atoms with Gasteiger partial charge in [-0.25, -0.2) is 0 Å². The molecule has 1 heterocycles. The number of hydrogen-bond donors (Lipinski definition) is 3. The second-order valence-electron chi connectivity index (χ2n) is 6.92. The lowest BCUT2D eigenvalue weighted by atomic mass is 10.1. The Morgan fingerprint density at radius 2 is 1.52 bits per heavy atom. The molecule has 3 amide bonds. The highest BCUT2D eigenvalue weighted by Crippen LogP contribution is 2.32. The van der Waals surface area contributed by atoms with E-state index in [1.165, 1.54) is 0 Å². The molecule has 1 fully saturated rings. The molecule has 0 aromatic heterocycles. The van der Waals surface area contributed by atoms with Crippen molar-refractivity contribution in [1.29, 1.82) is 0 Å². The van der Waals surface area contributed by atoms with Crippen LogP contribution in [0.1, 0.15) is 33.6 Å². The molecule has 1 aliphatic heterocycles. The van der Waals surface area contributed by atoms with Crippen LogP contribution >= 0.6 is 0 Å². The summed E-state index contributed by atoms with van der Waals surface area (Å²) in [5.74, 6) is 0.848. The number of benzene rings is 2. The first-order valence-corrected chi connectivity index (χ1v) is 9.47. The summed E-state index contributed by atoms with van der Waals surface area (Å²) in [7, 11) is 0. The molecule has 29 heavy (non-hydrogen) atoms. The fourth-order valence-electron chi connectivity index (χ4n) is 2.90. The Hall–Kier alpha value is -3.55. The molecule has 0 saturated heterocycles. The van der Waals surface area contributed by atoms with Crippen LogP contribution in [0.25, 0.3) is 0 Å². The van der Waals surface area contributed by atoms with E-state index in [0.29, 0.717) is 41.4 Å². The molecular weight excluding hydrogens is 374 g/mol. The zero-order chi connectivity index (χ0) is 20.2. The zero-order valence-electron chi connectivity index (χ0n) is 15.7. The number of nitrogens with one attached hydrogen (secondary N) is 3. The third kappa shape index (κ3) is 4.66. The normalized spacial score (nSPS) is 14.2. The van der Waals surface area contributed by atoms with E-state index >= 15 is 0 Å². The lowest BCUT2D eigenvalue weighted by Crippen LogP contribution is -2.35. The highest BCUT2D eigenvalue weighted by atomic mass is 16.7. The SMILES string of the molecule is O=C(NCCNC(=O)C1CC1)c1ccc(NC(=O)c2ccc3c(c2)OCO3)cc1. The minimum absolute atomic E-state index is 0.0572. The van der Waals surface area contributed by atoms with Crippen LogP contribution in [0.15, 0.2) is 42.5 Å². The smallest absolute Gasteiger partial charge is 0.255 e. The van der Waals surface area contributed by atoms with Crippen molar-refractivity contribution < 1.29 is 23.9 Å². The monoisotopic (exact) mass is 395 g/mol. The summed E-state index contributed by atoms with van der Waals surface area (Å²) in [6.07, 6.45) is 1.91. The van der Waals surface area contributed by atoms with Gasteiger partial charge in [0, 0.05) is 35.8 Å². The van der Waals surface area contributed by atoms with Crippen molar-refractivity contribution in [1.82, 2.24) is 10.6 Å². The van der Waals surface area contributed by atoms with Gasteiger partial charge in [0.2, 0.25) is 12.7 Å². The fraction of sp³-hybridized carbons (Fsp3) is 0.286.